The monoisotopic (exact) mass is 324 g/mol. The summed E-state index contributed by atoms with van der Waals surface area (Å²) < 4.78 is 5.94. The summed E-state index contributed by atoms with van der Waals surface area (Å²) in [5.74, 6) is 0.769. The molecule has 2 aromatic rings. The van der Waals surface area contributed by atoms with Crippen molar-refractivity contribution < 1.29 is 9.53 Å². The summed E-state index contributed by atoms with van der Waals surface area (Å²) in [5, 5.41) is 2.19. The molecule has 0 saturated carbocycles. The molecule has 0 atom stereocenters. The number of hydrogen-bond acceptors (Lipinski definition) is 3. The fourth-order valence-electron chi connectivity index (χ4n) is 2.86. The fraction of sp³-hybridized carbons (Fsp3) is 0.350. The van der Waals surface area contributed by atoms with E-state index in [-0.39, 0.29) is 11.5 Å². The van der Waals surface area contributed by atoms with Crippen molar-refractivity contribution in [3.63, 3.8) is 0 Å². The van der Waals surface area contributed by atoms with Crippen LogP contribution in [-0.2, 0) is 4.79 Å². The first-order valence-corrected chi connectivity index (χ1v) is 8.17. The van der Waals surface area contributed by atoms with Crippen LogP contribution in [0.1, 0.15) is 40.2 Å². The van der Waals surface area contributed by atoms with Crippen LogP contribution in [0.4, 0.5) is 0 Å². The number of rotatable bonds is 2. The van der Waals surface area contributed by atoms with Crippen molar-refractivity contribution in [2.75, 3.05) is 0 Å². The molecule has 0 unspecified atom stereocenters. The minimum atomic E-state index is -0.394. The molecule has 1 heterocycles. The molecule has 0 spiro atoms. The van der Waals surface area contributed by atoms with Gasteiger partial charge in [-0.2, -0.15) is 0 Å². The lowest BCUT2D eigenvalue weighted by Crippen LogP contribution is -2.38. The number of carbonyl (C=O) groups is 1. The second-order valence-electron chi connectivity index (χ2n) is 7.71. The molecule has 2 N–H and O–H groups in total. The molecule has 4 nitrogen and oxygen atoms in total. The van der Waals surface area contributed by atoms with E-state index in [4.69, 9.17) is 4.74 Å². The number of nitrogens with one attached hydrogen (secondary N) is 2. The van der Waals surface area contributed by atoms with E-state index < -0.39 is 5.54 Å². The highest BCUT2D eigenvalue weighted by Gasteiger charge is 2.34. The van der Waals surface area contributed by atoms with E-state index in [0.717, 1.165) is 27.7 Å². The maximum atomic E-state index is 12.1. The van der Waals surface area contributed by atoms with Gasteiger partial charge in [-0.1, -0.05) is 24.3 Å². The summed E-state index contributed by atoms with van der Waals surface area (Å²) >= 11 is 0. The van der Waals surface area contributed by atoms with Crippen LogP contribution in [0, 0.1) is 0 Å². The molecule has 126 valence electrons. The Morgan fingerprint density at radius 3 is 2.50 bits per heavy atom. The molecule has 1 aliphatic heterocycles. The van der Waals surface area contributed by atoms with Crippen LogP contribution in [0.25, 0.3) is 16.8 Å². The molecular formula is C20H24N2O2. The third-order valence-electron chi connectivity index (χ3n) is 4.02. The maximum Gasteiger partial charge on any atom is 0.263 e. The van der Waals surface area contributed by atoms with Crippen molar-refractivity contribution in [3.8, 4) is 5.75 Å². The standard InChI is InChI=1S/C20H24N2O2/c1-19(2,3)24-15-9-10-16-13(11-15)7-6-8-14(16)12-17-18(23)21-22-20(17,4)5/h6-12,22H,1-5H3,(H,21,23)/b17-12+. The highest BCUT2D eigenvalue weighted by molar-refractivity contribution is 6.04. The maximum absolute atomic E-state index is 12.1. The number of carbonyl (C=O) groups excluding carboxylic acids is 1. The van der Waals surface area contributed by atoms with Crippen LogP contribution in [0.2, 0.25) is 0 Å². The van der Waals surface area contributed by atoms with Gasteiger partial charge in [-0.25, -0.2) is 5.43 Å². The van der Waals surface area contributed by atoms with Crippen LogP contribution in [0.5, 0.6) is 5.75 Å². The van der Waals surface area contributed by atoms with Crippen LogP contribution >= 0.6 is 0 Å². The SMILES string of the molecule is CC(C)(C)Oc1ccc2c(/C=C3\C(=O)NNC3(C)C)cccc2c1. The van der Waals surface area contributed by atoms with E-state index in [1.165, 1.54) is 0 Å². The van der Waals surface area contributed by atoms with Gasteiger partial charge in [-0.05, 0) is 69.2 Å². The highest BCUT2D eigenvalue weighted by Crippen LogP contribution is 2.29. The molecule has 1 saturated heterocycles. The van der Waals surface area contributed by atoms with E-state index >= 15 is 0 Å². The van der Waals surface area contributed by atoms with Gasteiger partial charge >= 0.3 is 0 Å². The van der Waals surface area contributed by atoms with Gasteiger partial charge in [0.15, 0.2) is 0 Å². The van der Waals surface area contributed by atoms with Crippen LogP contribution in [0.3, 0.4) is 0 Å². The summed E-state index contributed by atoms with van der Waals surface area (Å²) in [4.78, 5) is 12.1. The molecule has 4 heteroatoms. The Bertz CT molecular complexity index is 829. The predicted octanol–water partition coefficient (Wildman–Crippen LogP) is 3.81. The van der Waals surface area contributed by atoms with E-state index in [2.05, 4.69) is 23.0 Å². The Balaban J connectivity index is 2.06. The molecule has 0 aliphatic carbocycles. The van der Waals surface area contributed by atoms with Gasteiger partial charge in [0.25, 0.3) is 5.91 Å². The van der Waals surface area contributed by atoms with Gasteiger partial charge in [-0.3, -0.25) is 10.2 Å². The van der Waals surface area contributed by atoms with Gasteiger partial charge < -0.3 is 4.74 Å². The number of hydrogen-bond donors (Lipinski definition) is 2. The molecule has 1 amide bonds. The first-order chi connectivity index (χ1) is 11.2. The van der Waals surface area contributed by atoms with E-state index in [0.29, 0.717) is 0 Å². The summed E-state index contributed by atoms with van der Waals surface area (Å²) in [6.45, 7) is 10.1. The largest absolute Gasteiger partial charge is 0.488 e. The smallest absolute Gasteiger partial charge is 0.263 e. The molecular weight excluding hydrogens is 300 g/mol. The zero-order chi connectivity index (χ0) is 17.5. The van der Waals surface area contributed by atoms with Crippen molar-refractivity contribution in [2.24, 2.45) is 0 Å². The Morgan fingerprint density at radius 2 is 1.88 bits per heavy atom. The lowest BCUT2D eigenvalue weighted by Gasteiger charge is -2.21. The predicted molar refractivity (Wildman–Crippen MR) is 97.7 cm³/mol. The molecule has 0 radical (unpaired) electrons. The summed E-state index contributed by atoms with van der Waals surface area (Å²) in [6.07, 6.45) is 1.96. The molecule has 3 rings (SSSR count). The summed E-state index contributed by atoms with van der Waals surface area (Å²) in [6, 6.07) is 12.2. The number of fused-ring (bicyclic) bond motifs is 1. The summed E-state index contributed by atoms with van der Waals surface area (Å²) in [7, 11) is 0. The Morgan fingerprint density at radius 1 is 1.12 bits per heavy atom. The molecule has 2 aromatic carbocycles. The minimum Gasteiger partial charge on any atom is -0.488 e. The molecule has 24 heavy (non-hydrogen) atoms. The van der Waals surface area contributed by atoms with Crippen molar-refractivity contribution in [1.29, 1.82) is 0 Å². The second-order valence-corrected chi connectivity index (χ2v) is 7.71. The second kappa shape index (κ2) is 5.64. The molecule has 1 fully saturated rings. The van der Waals surface area contributed by atoms with Crippen molar-refractivity contribution in [3.05, 3.63) is 47.5 Å². The first-order valence-electron chi connectivity index (χ1n) is 8.17. The van der Waals surface area contributed by atoms with Crippen LogP contribution in [-0.4, -0.2) is 17.0 Å². The van der Waals surface area contributed by atoms with Crippen molar-refractivity contribution in [2.45, 2.75) is 45.8 Å². The normalized spacial score (nSPS) is 18.9. The highest BCUT2D eigenvalue weighted by atomic mass is 16.5. The zero-order valence-electron chi connectivity index (χ0n) is 14.9. The fourth-order valence-corrected chi connectivity index (χ4v) is 2.86. The lowest BCUT2D eigenvalue weighted by atomic mass is 9.92. The number of amides is 1. The van der Waals surface area contributed by atoms with E-state index in [9.17, 15) is 4.79 Å². The molecule has 1 aliphatic rings. The van der Waals surface area contributed by atoms with Gasteiger partial charge in [0.2, 0.25) is 0 Å². The minimum absolute atomic E-state index is 0.0790. The number of ether oxygens (including phenoxy) is 1. The zero-order valence-corrected chi connectivity index (χ0v) is 14.9. The van der Waals surface area contributed by atoms with E-state index in [1.807, 2.05) is 65.0 Å². The van der Waals surface area contributed by atoms with Crippen molar-refractivity contribution in [1.82, 2.24) is 10.9 Å². The molecule has 0 bridgehead atoms. The average molecular weight is 324 g/mol. The Kier molecular flexibility index (Phi) is 3.88. The topological polar surface area (TPSA) is 50.4 Å². The molecule has 0 aromatic heterocycles. The average Bonchev–Trinajstić information content (AvgIpc) is 2.72. The van der Waals surface area contributed by atoms with Gasteiger partial charge in [0.1, 0.15) is 11.4 Å². The quantitative estimate of drug-likeness (QED) is 0.826. The van der Waals surface area contributed by atoms with Crippen molar-refractivity contribution >= 4 is 22.8 Å². The third-order valence-corrected chi connectivity index (χ3v) is 4.02. The Labute approximate surface area is 142 Å². The number of hydrazine groups is 1. The first kappa shape index (κ1) is 16.5. The third kappa shape index (κ3) is 3.29. The lowest BCUT2D eigenvalue weighted by molar-refractivity contribution is -0.116. The Hall–Kier alpha value is -2.33. The van der Waals surface area contributed by atoms with Crippen LogP contribution in [0.15, 0.2) is 42.0 Å². The van der Waals surface area contributed by atoms with Gasteiger partial charge in [0.05, 0.1) is 5.54 Å². The van der Waals surface area contributed by atoms with Crippen LogP contribution < -0.4 is 15.6 Å². The van der Waals surface area contributed by atoms with Gasteiger partial charge in [-0.15, -0.1) is 0 Å². The number of benzene rings is 2. The van der Waals surface area contributed by atoms with E-state index in [1.54, 1.807) is 0 Å². The van der Waals surface area contributed by atoms with Gasteiger partial charge in [0, 0.05) is 5.57 Å². The summed E-state index contributed by atoms with van der Waals surface area (Å²) in [5.41, 5.74) is 6.82.